The Bertz CT molecular complexity index is 138. The predicted octanol–water partition coefficient (Wildman–Crippen LogP) is 0.675. The Morgan fingerprint density at radius 3 is 2.64 bits per heavy atom. The van der Waals surface area contributed by atoms with Gasteiger partial charge < -0.3 is 5.73 Å². The third-order valence-corrected chi connectivity index (χ3v) is 2.28. The van der Waals surface area contributed by atoms with Gasteiger partial charge in [0.25, 0.3) is 5.92 Å². The number of nitrogens with zero attached hydrogens (tertiary/aromatic N) is 1. The van der Waals surface area contributed by atoms with Crippen molar-refractivity contribution in [1.29, 1.82) is 0 Å². The average Bonchev–Trinajstić information content (AvgIpc) is 2.36. The second-order valence-electron chi connectivity index (χ2n) is 3.10. The van der Waals surface area contributed by atoms with E-state index < -0.39 is 18.5 Å². The van der Waals surface area contributed by atoms with Crippen molar-refractivity contribution in [3.63, 3.8) is 0 Å². The fraction of sp³-hybridized carbons (Fsp3) is 1.00. The Kier molecular flexibility index (Phi) is 2.44. The van der Waals surface area contributed by atoms with Crippen molar-refractivity contribution in [2.75, 3.05) is 20.1 Å². The lowest BCUT2D eigenvalue weighted by molar-refractivity contribution is -0.0542. The minimum Gasteiger partial charge on any atom is -0.325 e. The molecule has 0 spiro atoms. The quantitative estimate of drug-likeness (QED) is 0.650. The highest BCUT2D eigenvalue weighted by atomic mass is 19.3. The van der Waals surface area contributed by atoms with Crippen molar-refractivity contribution in [3.05, 3.63) is 0 Å². The van der Waals surface area contributed by atoms with Gasteiger partial charge in [-0.3, -0.25) is 4.90 Å². The maximum Gasteiger partial charge on any atom is 0.275 e. The summed E-state index contributed by atoms with van der Waals surface area (Å²) in [5, 5.41) is 0. The van der Waals surface area contributed by atoms with Gasteiger partial charge in [0.05, 0.1) is 12.6 Å². The van der Waals surface area contributed by atoms with Gasteiger partial charge >= 0.3 is 0 Å². The maximum absolute atomic E-state index is 12.9. The van der Waals surface area contributed by atoms with Crippen molar-refractivity contribution in [2.45, 2.75) is 24.8 Å². The van der Waals surface area contributed by atoms with E-state index in [1.807, 2.05) is 0 Å². The molecule has 0 aromatic heterocycles. The van der Waals surface area contributed by atoms with Crippen LogP contribution in [0.2, 0.25) is 0 Å². The Hall–Kier alpha value is -0.220. The van der Waals surface area contributed by atoms with Crippen LogP contribution in [0.3, 0.4) is 0 Å². The number of nitrogens with two attached hydrogens (primary N) is 1. The fourth-order valence-electron chi connectivity index (χ4n) is 1.58. The summed E-state index contributed by atoms with van der Waals surface area (Å²) in [5.74, 6) is -2.70. The Morgan fingerprint density at radius 2 is 2.27 bits per heavy atom. The molecule has 0 aromatic carbocycles. The zero-order valence-corrected chi connectivity index (χ0v) is 6.69. The van der Waals surface area contributed by atoms with E-state index in [9.17, 15) is 8.78 Å². The van der Waals surface area contributed by atoms with Gasteiger partial charge in [-0.2, -0.15) is 0 Å². The van der Waals surface area contributed by atoms with Crippen molar-refractivity contribution >= 4 is 0 Å². The van der Waals surface area contributed by atoms with Gasteiger partial charge in [-0.1, -0.05) is 0 Å². The molecule has 0 amide bonds. The van der Waals surface area contributed by atoms with E-state index >= 15 is 0 Å². The van der Waals surface area contributed by atoms with Crippen molar-refractivity contribution in [3.8, 4) is 0 Å². The van der Waals surface area contributed by atoms with E-state index in [1.165, 1.54) is 0 Å². The van der Waals surface area contributed by atoms with Gasteiger partial charge in [-0.25, -0.2) is 8.78 Å². The van der Waals surface area contributed by atoms with Gasteiger partial charge in [-0.05, 0) is 26.4 Å². The van der Waals surface area contributed by atoms with Gasteiger partial charge in [0.1, 0.15) is 0 Å². The summed E-state index contributed by atoms with van der Waals surface area (Å²) >= 11 is 0. The lowest BCUT2D eigenvalue weighted by Crippen LogP contribution is -2.46. The highest BCUT2D eigenvalue weighted by molar-refractivity contribution is 4.89. The van der Waals surface area contributed by atoms with E-state index in [0.717, 1.165) is 13.0 Å². The molecular weight excluding hydrogens is 150 g/mol. The molecule has 2 nitrogen and oxygen atoms in total. The van der Waals surface area contributed by atoms with E-state index in [0.29, 0.717) is 6.42 Å². The first-order valence-electron chi connectivity index (χ1n) is 3.86. The largest absolute Gasteiger partial charge is 0.325 e. The molecule has 1 heterocycles. The first-order chi connectivity index (χ1) is 5.08. The average molecular weight is 164 g/mol. The van der Waals surface area contributed by atoms with Crippen molar-refractivity contribution < 1.29 is 8.78 Å². The van der Waals surface area contributed by atoms with Crippen molar-refractivity contribution in [2.24, 2.45) is 5.73 Å². The summed E-state index contributed by atoms with van der Waals surface area (Å²) in [6.07, 6.45) is 1.43. The Balaban J connectivity index is 2.58. The normalized spacial score (nSPS) is 27.8. The predicted molar refractivity (Wildman–Crippen MR) is 39.7 cm³/mol. The van der Waals surface area contributed by atoms with E-state index in [1.54, 1.807) is 11.9 Å². The van der Waals surface area contributed by atoms with Crippen LogP contribution in [0.5, 0.6) is 0 Å². The van der Waals surface area contributed by atoms with Gasteiger partial charge in [-0.15, -0.1) is 0 Å². The lowest BCUT2D eigenvalue weighted by atomic mass is 10.1. The highest BCUT2D eigenvalue weighted by Gasteiger charge is 2.42. The van der Waals surface area contributed by atoms with E-state index in [4.69, 9.17) is 5.73 Å². The summed E-state index contributed by atoms with van der Waals surface area (Å²) < 4.78 is 25.9. The molecule has 1 unspecified atom stereocenters. The van der Waals surface area contributed by atoms with Crippen LogP contribution in [0, 0.1) is 0 Å². The molecule has 0 bridgehead atoms. The maximum atomic E-state index is 12.9. The monoisotopic (exact) mass is 164 g/mol. The molecule has 1 rings (SSSR count). The van der Waals surface area contributed by atoms with Crippen LogP contribution in [-0.4, -0.2) is 37.0 Å². The molecule has 0 radical (unpaired) electrons. The van der Waals surface area contributed by atoms with Crippen LogP contribution in [0.25, 0.3) is 0 Å². The Labute approximate surface area is 65.4 Å². The van der Waals surface area contributed by atoms with Crippen LogP contribution in [0.4, 0.5) is 8.78 Å². The molecular formula is C7H14F2N2. The number of hydrogen-bond donors (Lipinski definition) is 1. The summed E-state index contributed by atoms with van der Waals surface area (Å²) in [5.41, 5.74) is 4.97. The first-order valence-corrected chi connectivity index (χ1v) is 3.86. The number of hydrogen-bond acceptors (Lipinski definition) is 2. The van der Waals surface area contributed by atoms with Crippen molar-refractivity contribution in [1.82, 2.24) is 4.90 Å². The summed E-state index contributed by atoms with van der Waals surface area (Å²) in [7, 11) is 1.72. The fourth-order valence-corrected chi connectivity index (χ4v) is 1.58. The standard InChI is InChI=1S/C7H14F2N2/c1-11-4-2-3-6(11)7(8,9)5-10/h6H,2-5,10H2,1H3. The van der Waals surface area contributed by atoms with Crippen LogP contribution < -0.4 is 5.73 Å². The molecule has 0 aromatic rings. The highest BCUT2D eigenvalue weighted by Crippen LogP contribution is 2.29. The molecule has 4 heteroatoms. The molecule has 1 saturated heterocycles. The Morgan fingerprint density at radius 1 is 1.64 bits per heavy atom. The zero-order valence-electron chi connectivity index (χ0n) is 6.69. The van der Waals surface area contributed by atoms with Crippen LogP contribution in [0.1, 0.15) is 12.8 Å². The van der Waals surface area contributed by atoms with Gasteiger partial charge in [0, 0.05) is 0 Å². The number of halogens is 2. The third kappa shape index (κ3) is 1.68. The molecule has 66 valence electrons. The molecule has 0 aliphatic carbocycles. The molecule has 0 saturated carbocycles. The second-order valence-corrected chi connectivity index (χ2v) is 3.10. The molecule has 1 aliphatic rings. The van der Waals surface area contributed by atoms with Gasteiger partial charge in [0.2, 0.25) is 0 Å². The van der Waals surface area contributed by atoms with E-state index in [2.05, 4.69) is 0 Å². The topological polar surface area (TPSA) is 29.3 Å². The smallest absolute Gasteiger partial charge is 0.275 e. The summed E-state index contributed by atoms with van der Waals surface area (Å²) in [6, 6.07) is -0.632. The molecule has 11 heavy (non-hydrogen) atoms. The second kappa shape index (κ2) is 3.03. The summed E-state index contributed by atoms with van der Waals surface area (Å²) in [6.45, 7) is 0.224. The lowest BCUT2D eigenvalue weighted by Gasteiger charge is -2.27. The van der Waals surface area contributed by atoms with Crippen LogP contribution in [0.15, 0.2) is 0 Å². The molecule has 1 aliphatic heterocycles. The zero-order chi connectivity index (χ0) is 8.48. The minimum absolute atomic E-state index is 0.540. The number of likely N-dealkylation sites (tertiary alicyclic amines) is 1. The molecule has 1 atom stereocenters. The first kappa shape index (κ1) is 8.87. The SMILES string of the molecule is CN1CCCC1C(F)(F)CN. The minimum atomic E-state index is -2.70. The number of rotatable bonds is 2. The molecule has 1 fully saturated rings. The van der Waals surface area contributed by atoms with Crippen LogP contribution >= 0.6 is 0 Å². The van der Waals surface area contributed by atoms with Crippen LogP contribution in [-0.2, 0) is 0 Å². The van der Waals surface area contributed by atoms with E-state index in [-0.39, 0.29) is 0 Å². The number of alkyl halides is 2. The molecule has 2 N–H and O–H groups in total. The summed E-state index contributed by atoms with van der Waals surface area (Å²) in [4.78, 5) is 1.69. The third-order valence-electron chi connectivity index (χ3n) is 2.28. The van der Waals surface area contributed by atoms with Gasteiger partial charge in [0.15, 0.2) is 0 Å².